The van der Waals surface area contributed by atoms with Gasteiger partial charge in [0.15, 0.2) is 11.5 Å². The van der Waals surface area contributed by atoms with E-state index in [9.17, 15) is 4.79 Å². The van der Waals surface area contributed by atoms with Crippen LogP contribution in [0.2, 0.25) is 0 Å². The van der Waals surface area contributed by atoms with Crippen molar-refractivity contribution in [3.8, 4) is 11.5 Å². The highest BCUT2D eigenvalue weighted by molar-refractivity contribution is 5.81. The van der Waals surface area contributed by atoms with Crippen LogP contribution < -0.4 is 19.9 Å². The fraction of sp³-hybridized carbons (Fsp3) is 0.435. The normalized spacial score (nSPS) is 19.1. The van der Waals surface area contributed by atoms with Crippen molar-refractivity contribution in [2.24, 2.45) is 11.8 Å². The summed E-state index contributed by atoms with van der Waals surface area (Å²) in [5.74, 6) is 4.01. The van der Waals surface area contributed by atoms with Crippen molar-refractivity contribution in [2.75, 3.05) is 32.2 Å². The van der Waals surface area contributed by atoms with Crippen molar-refractivity contribution in [2.45, 2.75) is 26.7 Å². The Morgan fingerprint density at radius 3 is 2.43 bits per heavy atom. The molecule has 7 heteroatoms. The molecule has 1 saturated heterocycles. The number of nitrogens with one attached hydrogen (secondary N) is 1. The number of hydrogen-bond donors (Lipinski definition) is 1. The highest BCUT2D eigenvalue weighted by Crippen LogP contribution is 2.30. The average molecular weight is 409 g/mol. The van der Waals surface area contributed by atoms with Gasteiger partial charge in [0.1, 0.15) is 11.6 Å². The molecule has 158 valence electrons. The molecule has 2 atom stereocenters. The minimum Gasteiger partial charge on any atom is -0.493 e. The summed E-state index contributed by atoms with van der Waals surface area (Å²) in [6.45, 7) is 6.68. The number of rotatable bonds is 5. The number of aromatic amines is 1. The van der Waals surface area contributed by atoms with Gasteiger partial charge in [0.05, 0.1) is 25.1 Å². The number of fused-ring (bicyclic) bond motifs is 1. The molecular formula is C23H28N4O3. The zero-order chi connectivity index (χ0) is 21.3. The van der Waals surface area contributed by atoms with E-state index in [0.717, 1.165) is 24.5 Å². The van der Waals surface area contributed by atoms with E-state index in [1.54, 1.807) is 26.4 Å². The van der Waals surface area contributed by atoms with Crippen molar-refractivity contribution < 1.29 is 9.47 Å². The van der Waals surface area contributed by atoms with Crippen LogP contribution in [0.25, 0.3) is 10.9 Å². The third-order valence-corrected chi connectivity index (χ3v) is 5.63. The van der Waals surface area contributed by atoms with Gasteiger partial charge in [-0.1, -0.05) is 19.9 Å². The van der Waals surface area contributed by atoms with E-state index in [1.807, 2.05) is 6.20 Å². The second-order valence-electron chi connectivity index (χ2n) is 8.29. The lowest BCUT2D eigenvalue weighted by Crippen LogP contribution is -2.39. The Kier molecular flexibility index (Phi) is 5.61. The van der Waals surface area contributed by atoms with Crippen LogP contribution in [0.4, 0.5) is 5.82 Å². The summed E-state index contributed by atoms with van der Waals surface area (Å²) in [5.41, 5.74) is 1.38. The van der Waals surface area contributed by atoms with Crippen LogP contribution in [0.15, 0.2) is 35.3 Å². The molecule has 3 aromatic rings. The molecule has 0 bridgehead atoms. The van der Waals surface area contributed by atoms with Crippen molar-refractivity contribution in [1.29, 1.82) is 0 Å². The van der Waals surface area contributed by atoms with Crippen LogP contribution in [0, 0.1) is 11.8 Å². The van der Waals surface area contributed by atoms with Gasteiger partial charge in [-0.2, -0.15) is 0 Å². The second kappa shape index (κ2) is 8.34. The Labute approximate surface area is 176 Å². The summed E-state index contributed by atoms with van der Waals surface area (Å²) in [7, 11) is 3.11. The number of hydrogen-bond acceptors (Lipinski definition) is 6. The molecule has 0 spiro atoms. The Morgan fingerprint density at radius 1 is 1.10 bits per heavy atom. The molecule has 4 rings (SSSR count). The number of pyridine rings is 1. The fourth-order valence-corrected chi connectivity index (χ4v) is 4.35. The standard InChI is InChI=1S/C23H28N4O3/c1-14-7-15(2)13-27(12-14)22-6-5-16(11-24-22)8-21-25-18-10-20(30-4)19(29-3)9-17(18)23(28)26-21/h5-6,9-11,14-15H,7-8,12-13H2,1-4H3,(H,25,26,28)/t14-,15+. The van der Waals surface area contributed by atoms with Gasteiger partial charge >= 0.3 is 0 Å². The fourth-order valence-electron chi connectivity index (χ4n) is 4.35. The van der Waals surface area contributed by atoms with E-state index in [0.29, 0.717) is 46.5 Å². The monoisotopic (exact) mass is 408 g/mol. The molecule has 1 N–H and O–H groups in total. The molecule has 0 radical (unpaired) electrons. The largest absolute Gasteiger partial charge is 0.493 e. The van der Waals surface area contributed by atoms with Gasteiger partial charge in [-0.3, -0.25) is 4.79 Å². The first-order valence-corrected chi connectivity index (χ1v) is 10.3. The van der Waals surface area contributed by atoms with E-state index in [2.05, 4.69) is 45.8 Å². The maximum atomic E-state index is 12.6. The highest BCUT2D eigenvalue weighted by atomic mass is 16.5. The zero-order valence-corrected chi connectivity index (χ0v) is 17.9. The lowest BCUT2D eigenvalue weighted by atomic mass is 9.92. The molecule has 0 unspecified atom stereocenters. The lowest BCUT2D eigenvalue weighted by Gasteiger charge is -2.35. The van der Waals surface area contributed by atoms with Crippen molar-refractivity contribution in [1.82, 2.24) is 15.0 Å². The third kappa shape index (κ3) is 4.10. The quantitative estimate of drug-likeness (QED) is 0.697. The minimum atomic E-state index is -0.197. The predicted octanol–water partition coefficient (Wildman–Crippen LogP) is 3.41. The Balaban J connectivity index is 1.57. The first-order chi connectivity index (χ1) is 14.5. The van der Waals surface area contributed by atoms with Crippen LogP contribution in [0.1, 0.15) is 31.7 Å². The van der Waals surface area contributed by atoms with Crippen LogP contribution in [-0.4, -0.2) is 42.3 Å². The number of H-pyrrole nitrogens is 1. The average Bonchev–Trinajstić information content (AvgIpc) is 2.72. The lowest BCUT2D eigenvalue weighted by molar-refractivity contribution is 0.355. The van der Waals surface area contributed by atoms with Crippen molar-refractivity contribution >= 4 is 16.7 Å². The molecule has 2 aromatic heterocycles. The molecule has 1 aliphatic heterocycles. The molecule has 30 heavy (non-hydrogen) atoms. The van der Waals surface area contributed by atoms with Gasteiger partial charge in [-0.25, -0.2) is 9.97 Å². The summed E-state index contributed by atoms with van der Waals surface area (Å²) >= 11 is 0. The predicted molar refractivity (Wildman–Crippen MR) is 118 cm³/mol. The number of aromatic nitrogens is 3. The van der Waals surface area contributed by atoms with E-state index >= 15 is 0 Å². The van der Waals surface area contributed by atoms with Gasteiger partial charge in [0.2, 0.25) is 0 Å². The van der Waals surface area contributed by atoms with Gasteiger partial charge in [-0.05, 0) is 36.0 Å². The summed E-state index contributed by atoms with van der Waals surface area (Å²) in [6.07, 6.45) is 3.64. The first-order valence-electron chi connectivity index (χ1n) is 10.3. The second-order valence-corrected chi connectivity index (χ2v) is 8.29. The van der Waals surface area contributed by atoms with E-state index in [-0.39, 0.29) is 5.56 Å². The molecule has 7 nitrogen and oxygen atoms in total. The number of ether oxygens (including phenoxy) is 2. The minimum absolute atomic E-state index is 0.197. The number of piperidine rings is 1. The number of anilines is 1. The maximum absolute atomic E-state index is 12.6. The first kappa shape index (κ1) is 20.2. The van der Waals surface area contributed by atoms with Crippen molar-refractivity contribution in [3.63, 3.8) is 0 Å². The Bertz CT molecular complexity index is 1080. The van der Waals surface area contributed by atoms with Crippen LogP contribution in [-0.2, 0) is 6.42 Å². The van der Waals surface area contributed by atoms with Gasteiger partial charge in [0, 0.05) is 31.8 Å². The number of methoxy groups -OCH3 is 2. The maximum Gasteiger partial charge on any atom is 0.258 e. The van der Waals surface area contributed by atoms with E-state index in [4.69, 9.17) is 9.47 Å². The smallest absolute Gasteiger partial charge is 0.258 e. The molecule has 0 saturated carbocycles. The molecule has 3 heterocycles. The molecule has 1 aliphatic rings. The number of benzene rings is 1. The Morgan fingerprint density at radius 2 is 1.80 bits per heavy atom. The van der Waals surface area contributed by atoms with E-state index in [1.165, 1.54) is 6.42 Å². The van der Waals surface area contributed by atoms with E-state index < -0.39 is 0 Å². The van der Waals surface area contributed by atoms with Gasteiger partial charge in [0.25, 0.3) is 5.56 Å². The summed E-state index contributed by atoms with van der Waals surface area (Å²) in [5, 5.41) is 0.471. The van der Waals surface area contributed by atoms with Crippen LogP contribution >= 0.6 is 0 Å². The van der Waals surface area contributed by atoms with Gasteiger partial charge in [-0.15, -0.1) is 0 Å². The summed E-state index contributed by atoms with van der Waals surface area (Å²) < 4.78 is 10.6. The summed E-state index contributed by atoms with van der Waals surface area (Å²) in [6, 6.07) is 7.51. The zero-order valence-electron chi connectivity index (χ0n) is 17.9. The topological polar surface area (TPSA) is 80.3 Å². The number of nitrogens with zero attached hydrogens (tertiary/aromatic N) is 3. The van der Waals surface area contributed by atoms with Gasteiger partial charge < -0.3 is 19.4 Å². The van der Waals surface area contributed by atoms with Crippen LogP contribution in [0.5, 0.6) is 11.5 Å². The third-order valence-electron chi connectivity index (χ3n) is 5.63. The Hall–Kier alpha value is -3.09. The SMILES string of the molecule is COc1cc2nc(Cc3ccc(N4C[C@H](C)C[C@H](C)C4)nc3)[nH]c(=O)c2cc1OC. The molecule has 0 amide bonds. The molecule has 1 aromatic carbocycles. The van der Waals surface area contributed by atoms with Crippen molar-refractivity contribution in [3.05, 3.63) is 52.2 Å². The highest BCUT2D eigenvalue weighted by Gasteiger charge is 2.22. The molecular weight excluding hydrogens is 380 g/mol. The molecule has 1 fully saturated rings. The summed E-state index contributed by atoms with van der Waals surface area (Å²) in [4.78, 5) is 27.1. The molecule has 0 aliphatic carbocycles. The van der Waals surface area contributed by atoms with Crippen LogP contribution in [0.3, 0.4) is 0 Å².